The van der Waals surface area contributed by atoms with Crippen molar-refractivity contribution in [1.82, 2.24) is 5.32 Å². The van der Waals surface area contributed by atoms with Gasteiger partial charge in [-0.25, -0.2) is 4.39 Å². The maximum Gasteiger partial charge on any atom is 0.165 e. The SMILES string of the molecule is COc1cc(C(C)NCC2(SC)CC2)ccc1F. The number of hydrogen-bond acceptors (Lipinski definition) is 3. The van der Waals surface area contributed by atoms with E-state index < -0.39 is 0 Å². The van der Waals surface area contributed by atoms with Gasteiger partial charge >= 0.3 is 0 Å². The van der Waals surface area contributed by atoms with Gasteiger partial charge in [0, 0.05) is 17.3 Å². The van der Waals surface area contributed by atoms with Crippen LogP contribution in [-0.2, 0) is 0 Å². The van der Waals surface area contributed by atoms with Crippen molar-refractivity contribution in [1.29, 1.82) is 0 Å². The lowest BCUT2D eigenvalue weighted by Gasteiger charge is -2.19. The highest BCUT2D eigenvalue weighted by Crippen LogP contribution is 2.46. The molecule has 1 unspecified atom stereocenters. The third-order valence-corrected chi connectivity index (χ3v) is 5.06. The minimum Gasteiger partial charge on any atom is -0.494 e. The van der Waals surface area contributed by atoms with E-state index in [1.165, 1.54) is 26.0 Å². The van der Waals surface area contributed by atoms with Gasteiger partial charge in [0.1, 0.15) is 0 Å². The summed E-state index contributed by atoms with van der Waals surface area (Å²) in [5.74, 6) is 0.00313. The molecule has 0 spiro atoms. The van der Waals surface area contributed by atoms with Gasteiger partial charge in [-0.15, -0.1) is 0 Å². The third kappa shape index (κ3) is 2.98. The molecule has 18 heavy (non-hydrogen) atoms. The zero-order chi connectivity index (χ0) is 13.2. The summed E-state index contributed by atoms with van der Waals surface area (Å²) >= 11 is 1.94. The van der Waals surface area contributed by atoms with Crippen molar-refractivity contribution in [2.75, 3.05) is 19.9 Å². The average molecular weight is 269 g/mol. The molecule has 0 radical (unpaired) electrons. The highest BCUT2D eigenvalue weighted by molar-refractivity contribution is 8.00. The van der Waals surface area contributed by atoms with Crippen LogP contribution in [0.2, 0.25) is 0 Å². The highest BCUT2D eigenvalue weighted by Gasteiger charge is 2.41. The van der Waals surface area contributed by atoms with E-state index in [0.29, 0.717) is 10.5 Å². The molecule has 1 atom stereocenters. The zero-order valence-corrected chi connectivity index (χ0v) is 11.9. The Kier molecular flexibility index (Phi) is 4.17. The number of nitrogens with one attached hydrogen (secondary N) is 1. The van der Waals surface area contributed by atoms with E-state index in [9.17, 15) is 4.39 Å². The Morgan fingerprint density at radius 2 is 2.22 bits per heavy atom. The van der Waals surface area contributed by atoms with Gasteiger partial charge < -0.3 is 10.1 Å². The van der Waals surface area contributed by atoms with Crippen molar-refractivity contribution < 1.29 is 9.13 Å². The number of thioether (sulfide) groups is 1. The van der Waals surface area contributed by atoms with Crippen molar-refractivity contribution in [3.63, 3.8) is 0 Å². The Morgan fingerprint density at radius 3 is 2.78 bits per heavy atom. The van der Waals surface area contributed by atoms with Crippen LogP contribution >= 0.6 is 11.8 Å². The molecule has 1 fully saturated rings. The number of ether oxygens (including phenoxy) is 1. The average Bonchev–Trinajstić information content (AvgIpc) is 3.17. The van der Waals surface area contributed by atoms with Crippen molar-refractivity contribution in [2.24, 2.45) is 0 Å². The van der Waals surface area contributed by atoms with Gasteiger partial charge in [0.05, 0.1) is 7.11 Å². The number of benzene rings is 1. The molecule has 0 heterocycles. The molecule has 0 saturated heterocycles. The van der Waals surface area contributed by atoms with Gasteiger partial charge in [-0.1, -0.05) is 6.07 Å². The summed E-state index contributed by atoms with van der Waals surface area (Å²) < 4.78 is 18.8. The van der Waals surface area contributed by atoms with Crippen LogP contribution < -0.4 is 10.1 Å². The summed E-state index contributed by atoms with van der Waals surface area (Å²) in [7, 11) is 1.49. The quantitative estimate of drug-likeness (QED) is 0.855. The van der Waals surface area contributed by atoms with Crippen LogP contribution in [0.3, 0.4) is 0 Å². The summed E-state index contributed by atoms with van der Waals surface area (Å²) in [6.07, 6.45) is 4.75. The van der Waals surface area contributed by atoms with Gasteiger partial charge in [-0.3, -0.25) is 0 Å². The zero-order valence-electron chi connectivity index (χ0n) is 11.1. The molecule has 1 aromatic carbocycles. The predicted octanol–water partition coefficient (Wildman–Crippen LogP) is 3.38. The van der Waals surface area contributed by atoms with Crippen molar-refractivity contribution >= 4 is 11.8 Å². The molecule has 2 rings (SSSR count). The topological polar surface area (TPSA) is 21.3 Å². The molecule has 1 saturated carbocycles. The molecule has 1 aliphatic carbocycles. The van der Waals surface area contributed by atoms with E-state index in [4.69, 9.17) is 4.74 Å². The first-order valence-electron chi connectivity index (χ1n) is 6.22. The van der Waals surface area contributed by atoms with Crippen LogP contribution in [0.15, 0.2) is 18.2 Å². The molecule has 0 amide bonds. The van der Waals surface area contributed by atoms with Crippen molar-refractivity contribution in [2.45, 2.75) is 30.6 Å². The first-order valence-corrected chi connectivity index (χ1v) is 7.45. The molecule has 0 aromatic heterocycles. The van der Waals surface area contributed by atoms with E-state index >= 15 is 0 Å². The maximum atomic E-state index is 13.3. The Morgan fingerprint density at radius 1 is 1.50 bits per heavy atom. The van der Waals surface area contributed by atoms with Crippen molar-refractivity contribution in [3.05, 3.63) is 29.6 Å². The molecular formula is C14H20FNOS. The minimum absolute atomic E-state index is 0.212. The second-order valence-electron chi connectivity index (χ2n) is 4.88. The Labute approximate surface area is 112 Å². The van der Waals surface area contributed by atoms with Gasteiger partial charge in [0.2, 0.25) is 0 Å². The van der Waals surface area contributed by atoms with Crippen molar-refractivity contribution in [3.8, 4) is 5.75 Å². The van der Waals surface area contributed by atoms with E-state index in [1.807, 2.05) is 17.8 Å². The van der Waals surface area contributed by atoms with Crippen LogP contribution in [0.5, 0.6) is 5.75 Å². The molecule has 1 N–H and O–H groups in total. The fourth-order valence-electron chi connectivity index (χ4n) is 2.00. The Bertz CT molecular complexity index is 420. The molecule has 2 nitrogen and oxygen atoms in total. The summed E-state index contributed by atoms with van der Waals surface area (Å²) in [6, 6.07) is 5.26. The molecule has 0 bridgehead atoms. The van der Waals surface area contributed by atoms with E-state index in [2.05, 4.69) is 18.5 Å². The molecular weight excluding hydrogens is 249 g/mol. The maximum absolute atomic E-state index is 13.3. The van der Waals surface area contributed by atoms with E-state index in [-0.39, 0.29) is 11.9 Å². The van der Waals surface area contributed by atoms with Crippen LogP contribution in [-0.4, -0.2) is 24.7 Å². The molecule has 1 aliphatic rings. The van der Waals surface area contributed by atoms with Crippen LogP contribution in [0.4, 0.5) is 4.39 Å². The lowest BCUT2D eigenvalue weighted by atomic mass is 10.1. The fourth-order valence-corrected chi connectivity index (χ4v) is 2.73. The Hall–Kier alpha value is -0.740. The standard InChI is InChI=1S/C14H20FNOS/c1-10(16-9-14(18-3)6-7-14)11-4-5-12(15)13(8-11)17-2/h4-5,8,10,16H,6-7,9H2,1-3H3. The number of rotatable bonds is 6. The lowest BCUT2D eigenvalue weighted by molar-refractivity contribution is 0.385. The number of hydrogen-bond donors (Lipinski definition) is 1. The lowest BCUT2D eigenvalue weighted by Crippen LogP contribution is -2.28. The van der Waals surface area contributed by atoms with E-state index in [0.717, 1.165) is 12.1 Å². The summed E-state index contributed by atoms with van der Waals surface area (Å²) in [5.41, 5.74) is 1.06. The normalized spacial score (nSPS) is 18.4. The highest BCUT2D eigenvalue weighted by atomic mass is 32.2. The monoisotopic (exact) mass is 269 g/mol. The van der Waals surface area contributed by atoms with Gasteiger partial charge in [0.25, 0.3) is 0 Å². The summed E-state index contributed by atoms with van der Waals surface area (Å²) in [5, 5.41) is 3.52. The van der Waals surface area contributed by atoms with Crippen LogP contribution in [0, 0.1) is 5.82 Å². The van der Waals surface area contributed by atoms with Gasteiger partial charge in [-0.2, -0.15) is 11.8 Å². The minimum atomic E-state index is -0.309. The first-order chi connectivity index (χ1) is 8.60. The smallest absolute Gasteiger partial charge is 0.165 e. The predicted molar refractivity (Wildman–Crippen MR) is 74.8 cm³/mol. The van der Waals surface area contributed by atoms with Gasteiger partial charge in [-0.05, 0) is 43.7 Å². The largest absolute Gasteiger partial charge is 0.494 e. The van der Waals surface area contributed by atoms with Gasteiger partial charge in [0.15, 0.2) is 11.6 Å². The van der Waals surface area contributed by atoms with Crippen LogP contribution in [0.1, 0.15) is 31.4 Å². The molecule has 4 heteroatoms. The molecule has 100 valence electrons. The fraction of sp³-hybridized carbons (Fsp3) is 0.571. The molecule has 0 aliphatic heterocycles. The number of halogens is 1. The Balaban J connectivity index is 1.98. The van der Waals surface area contributed by atoms with E-state index in [1.54, 1.807) is 6.07 Å². The second kappa shape index (κ2) is 5.49. The third-order valence-electron chi connectivity index (χ3n) is 3.65. The second-order valence-corrected chi connectivity index (χ2v) is 6.16. The summed E-state index contributed by atoms with van der Waals surface area (Å²) in [4.78, 5) is 0. The number of methoxy groups -OCH3 is 1. The molecule has 1 aromatic rings. The van der Waals surface area contributed by atoms with Crippen LogP contribution in [0.25, 0.3) is 0 Å². The summed E-state index contributed by atoms with van der Waals surface area (Å²) in [6.45, 7) is 3.11. The first kappa shape index (κ1) is 13.7.